The molecular weight excluding hydrogens is 216 g/mol. The van der Waals surface area contributed by atoms with Crippen molar-refractivity contribution in [3.05, 3.63) is 23.3 Å². The summed E-state index contributed by atoms with van der Waals surface area (Å²) in [4.78, 5) is 0. The van der Waals surface area contributed by atoms with Crippen LogP contribution in [0.5, 0.6) is 0 Å². The van der Waals surface area contributed by atoms with Crippen molar-refractivity contribution in [3.63, 3.8) is 0 Å². The fourth-order valence-electron chi connectivity index (χ4n) is 5.05. The predicted octanol–water partition coefficient (Wildman–Crippen LogP) is 5.46. The van der Waals surface area contributed by atoms with Gasteiger partial charge in [-0.15, -0.1) is 0 Å². The Hall–Kier alpha value is -0.520. The normalized spacial score (nSPS) is 45.4. The van der Waals surface area contributed by atoms with E-state index in [2.05, 4.69) is 53.7 Å². The summed E-state index contributed by atoms with van der Waals surface area (Å²) in [6, 6.07) is 0. The van der Waals surface area contributed by atoms with Gasteiger partial charge >= 0.3 is 0 Å². The van der Waals surface area contributed by atoms with E-state index in [1.165, 1.54) is 12.8 Å². The van der Waals surface area contributed by atoms with Gasteiger partial charge in [-0.25, -0.2) is 0 Å². The lowest BCUT2D eigenvalue weighted by molar-refractivity contribution is 0.0774. The van der Waals surface area contributed by atoms with Crippen molar-refractivity contribution in [2.24, 2.45) is 35.5 Å². The summed E-state index contributed by atoms with van der Waals surface area (Å²) in [6.07, 6.45) is 7.78. The molecule has 2 rings (SSSR count). The molecule has 0 bridgehead atoms. The van der Waals surface area contributed by atoms with Gasteiger partial charge in [0.25, 0.3) is 0 Å². The Morgan fingerprint density at radius 3 is 2.50 bits per heavy atom. The summed E-state index contributed by atoms with van der Waals surface area (Å²) in [6.45, 7) is 14.3. The first-order valence-corrected chi connectivity index (χ1v) is 7.76. The van der Waals surface area contributed by atoms with Gasteiger partial charge in [0, 0.05) is 5.92 Å². The third-order valence-electron chi connectivity index (χ3n) is 5.65. The third kappa shape index (κ3) is 2.31. The highest BCUT2D eigenvalue weighted by molar-refractivity contribution is 5.25. The summed E-state index contributed by atoms with van der Waals surface area (Å²) in [7, 11) is 0. The molecule has 2 aliphatic carbocycles. The van der Waals surface area contributed by atoms with Gasteiger partial charge in [0.1, 0.15) is 0 Å². The van der Waals surface area contributed by atoms with Gasteiger partial charge in [-0.2, -0.15) is 0 Å². The Bertz CT molecular complexity index is 360. The Morgan fingerprint density at radius 1 is 1.22 bits per heavy atom. The van der Waals surface area contributed by atoms with Crippen LogP contribution in [0.4, 0.5) is 0 Å². The van der Waals surface area contributed by atoms with Gasteiger partial charge in [0.15, 0.2) is 0 Å². The van der Waals surface area contributed by atoms with Crippen LogP contribution >= 0.6 is 0 Å². The highest BCUT2D eigenvalue weighted by Crippen LogP contribution is 2.50. The van der Waals surface area contributed by atoms with Crippen molar-refractivity contribution in [1.82, 2.24) is 0 Å². The Morgan fingerprint density at radius 2 is 1.89 bits per heavy atom. The van der Waals surface area contributed by atoms with E-state index >= 15 is 0 Å². The molecule has 1 fully saturated rings. The molecule has 0 N–H and O–H groups in total. The molecule has 0 amide bonds. The molecule has 0 aliphatic heterocycles. The van der Waals surface area contributed by atoms with Crippen molar-refractivity contribution >= 4 is 0 Å². The molecule has 6 atom stereocenters. The minimum atomic E-state index is 0.701. The summed E-state index contributed by atoms with van der Waals surface area (Å²) in [5.74, 6) is 5.08. The second-order valence-electron chi connectivity index (χ2n) is 7.08. The summed E-state index contributed by atoms with van der Waals surface area (Å²) >= 11 is 0. The molecule has 2 aliphatic rings. The number of fused-ring (bicyclic) bond motifs is 1. The lowest BCUT2D eigenvalue weighted by Crippen LogP contribution is -2.40. The third-order valence-corrected chi connectivity index (χ3v) is 5.65. The number of hydrogen-bond acceptors (Lipinski definition) is 0. The topological polar surface area (TPSA) is 0 Å². The van der Waals surface area contributed by atoms with Crippen LogP contribution in [-0.2, 0) is 0 Å². The van der Waals surface area contributed by atoms with Gasteiger partial charge in [-0.1, -0.05) is 44.1 Å². The van der Waals surface area contributed by atoms with E-state index in [0.717, 1.165) is 29.6 Å². The van der Waals surface area contributed by atoms with Crippen molar-refractivity contribution in [2.45, 2.75) is 54.4 Å². The lowest BCUT2D eigenvalue weighted by Gasteiger charge is -2.48. The van der Waals surface area contributed by atoms with E-state index in [9.17, 15) is 0 Å². The summed E-state index contributed by atoms with van der Waals surface area (Å²) in [5.41, 5.74) is 3.20. The highest BCUT2D eigenvalue weighted by atomic mass is 14.5. The van der Waals surface area contributed by atoms with E-state index < -0.39 is 0 Å². The van der Waals surface area contributed by atoms with E-state index in [1.807, 2.05) is 0 Å². The molecule has 0 spiro atoms. The Labute approximate surface area is 114 Å². The minimum Gasteiger partial charge on any atom is -0.0881 e. The summed E-state index contributed by atoms with van der Waals surface area (Å²) in [5, 5.41) is 0. The number of allylic oxidation sites excluding steroid dienone is 4. The molecule has 0 radical (unpaired) electrons. The maximum Gasteiger partial charge on any atom is 0.00300 e. The molecular formula is C18H30. The van der Waals surface area contributed by atoms with Crippen LogP contribution < -0.4 is 0 Å². The van der Waals surface area contributed by atoms with Gasteiger partial charge in [0.05, 0.1) is 0 Å². The zero-order valence-corrected chi connectivity index (χ0v) is 13.0. The van der Waals surface area contributed by atoms with Crippen LogP contribution in [0.15, 0.2) is 23.3 Å². The highest BCUT2D eigenvalue weighted by Gasteiger charge is 2.42. The van der Waals surface area contributed by atoms with Gasteiger partial charge in [-0.3, -0.25) is 0 Å². The smallest absolute Gasteiger partial charge is 0.00300 e. The van der Waals surface area contributed by atoms with Crippen molar-refractivity contribution in [3.8, 4) is 0 Å². The fraction of sp³-hybridized carbons (Fsp3) is 0.778. The zero-order chi connectivity index (χ0) is 13.4. The van der Waals surface area contributed by atoms with Crippen LogP contribution in [0.3, 0.4) is 0 Å². The first-order valence-electron chi connectivity index (χ1n) is 7.76. The molecule has 102 valence electrons. The maximum atomic E-state index is 2.62. The Balaban J connectivity index is 2.33. The molecule has 0 aromatic heterocycles. The zero-order valence-electron chi connectivity index (χ0n) is 13.0. The summed E-state index contributed by atoms with van der Waals surface area (Å²) < 4.78 is 0. The number of hydrogen-bond donors (Lipinski definition) is 0. The molecule has 1 saturated carbocycles. The van der Waals surface area contributed by atoms with Crippen LogP contribution in [0, 0.1) is 35.5 Å². The van der Waals surface area contributed by atoms with Gasteiger partial charge < -0.3 is 0 Å². The maximum absolute atomic E-state index is 2.62. The molecule has 0 aromatic rings. The van der Waals surface area contributed by atoms with Crippen LogP contribution in [-0.4, -0.2) is 0 Å². The molecule has 0 saturated heterocycles. The molecule has 18 heavy (non-hydrogen) atoms. The lowest BCUT2D eigenvalue weighted by atomic mass is 9.57. The quantitative estimate of drug-likeness (QED) is 0.539. The molecule has 0 nitrogen and oxygen atoms in total. The van der Waals surface area contributed by atoms with Crippen LogP contribution in [0.2, 0.25) is 0 Å². The van der Waals surface area contributed by atoms with E-state index in [-0.39, 0.29) is 0 Å². The van der Waals surface area contributed by atoms with Crippen molar-refractivity contribution in [2.75, 3.05) is 0 Å². The standard InChI is InChI=1S/C18H30/c1-7-12(3)17-14(5)10-16-9-11(2)8-13(4)18(16)15(17)6/h7,10-11,13,15-18H,8-9H2,1-6H3/b12-7+. The average Bonchev–Trinajstić information content (AvgIpc) is 2.26. The van der Waals surface area contributed by atoms with E-state index in [0.29, 0.717) is 5.92 Å². The largest absolute Gasteiger partial charge is 0.0881 e. The monoisotopic (exact) mass is 246 g/mol. The minimum absolute atomic E-state index is 0.701. The van der Waals surface area contributed by atoms with Gasteiger partial charge in [-0.05, 0) is 63.2 Å². The molecule has 0 aromatic carbocycles. The van der Waals surface area contributed by atoms with Crippen molar-refractivity contribution < 1.29 is 0 Å². The number of rotatable bonds is 1. The predicted molar refractivity (Wildman–Crippen MR) is 80.4 cm³/mol. The van der Waals surface area contributed by atoms with Crippen LogP contribution in [0.1, 0.15) is 54.4 Å². The van der Waals surface area contributed by atoms with Crippen LogP contribution in [0.25, 0.3) is 0 Å². The first-order chi connectivity index (χ1) is 8.45. The first kappa shape index (κ1) is 13.9. The average molecular weight is 246 g/mol. The molecule has 0 heteroatoms. The molecule has 6 unspecified atom stereocenters. The van der Waals surface area contributed by atoms with Crippen molar-refractivity contribution in [1.29, 1.82) is 0 Å². The fourth-order valence-corrected chi connectivity index (χ4v) is 5.05. The van der Waals surface area contributed by atoms with E-state index in [1.54, 1.807) is 11.1 Å². The second kappa shape index (κ2) is 5.23. The second-order valence-corrected chi connectivity index (χ2v) is 7.08. The Kier molecular flexibility index (Phi) is 4.04. The van der Waals surface area contributed by atoms with Gasteiger partial charge in [0.2, 0.25) is 0 Å². The SMILES string of the molecule is C/C=C(\C)C1C(C)=CC2CC(C)CC(C)C2C1C. The molecule has 0 heterocycles. The van der Waals surface area contributed by atoms with E-state index in [4.69, 9.17) is 0 Å².